The van der Waals surface area contributed by atoms with Crippen molar-refractivity contribution < 1.29 is 14.3 Å². The van der Waals surface area contributed by atoms with Crippen LogP contribution in [-0.2, 0) is 16.1 Å². The maximum Gasteiger partial charge on any atom is 0.261 e. The number of nitrogens with one attached hydrogen (secondary N) is 2. The van der Waals surface area contributed by atoms with E-state index in [9.17, 15) is 4.79 Å². The highest BCUT2D eigenvalue weighted by atomic mass is 16.5. The van der Waals surface area contributed by atoms with E-state index in [4.69, 9.17) is 15.9 Å². The second-order valence-corrected chi connectivity index (χ2v) is 4.50. The van der Waals surface area contributed by atoms with Gasteiger partial charge in [-0.15, -0.1) is 6.42 Å². The molecule has 21 heavy (non-hydrogen) atoms. The van der Waals surface area contributed by atoms with Crippen LogP contribution < -0.4 is 15.4 Å². The van der Waals surface area contributed by atoms with Crippen LogP contribution in [0.15, 0.2) is 24.3 Å². The lowest BCUT2D eigenvalue weighted by Crippen LogP contribution is -2.36. The highest BCUT2D eigenvalue weighted by Crippen LogP contribution is 2.15. The molecule has 1 atom stereocenters. The molecular weight excluding hydrogens is 268 g/mol. The van der Waals surface area contributed by atoms with Gasteiger partial charge in [0, 0.05) is 20.2 Å². The number of benzene rings is 1. The van der Waals surface area contributed by atoms with Crippen LogP contribution in [0.1, 0.15) is 12.5 Å². The largest absolute Gasteiger partial charge is 0.481 e. The predicted molar refractivity (Wildman–Crippen MR) is 82.0 cm³/mol. The summed E-state index contributed by atoms with van der Waals surface area (Å²) in [6, 6.07) is 7.62. The minimum atomic E-state index is -0.588. The second-order valence-electron chi connectivity index (χ2n) is 4.50. The van der Waals surface area contributed by atoms with Gasteiger partial charge in [-0.3, -0.25) is 4.79 Å². The van der Waals surface area contributed by atoms with Gasteiger partial charge < -0.3 is 20.1 Å². The zero-order valence-electron chi connectivity index (χ0n) is 12.5. The zero-order chi connectivity index (χ0) is 15.5. The second kappa shape index (κ2) is 9.81. The molecule has 0 saturated carbocycles. The molecule has 0 heterocycles. The molecule has 2 N–H and O–H groups in total. The van der Waals surface area contributed by atoms with E-state index in [0.29, 0.717) is 12.4 Å². The smallest absolute Gasteiger partial charge is 0.261 e. The van der Waals surface area contributed by atoms with Crippen LogP contribution in [0.25, 0.3) is 0 Å². The Balaban J connectivity index is 2.48. The van der Waals surface area contributed by atoms with Gasteiger partial charge >= 0.3 is 0 Å². The van der Waals surface area contributed by atoms with Crippen LogP contribution in [0.4, 0.5) is 0 Å². The van der Waals surface area contributed by atoms with Crippen molar-refractivity contribution in [1.82, 2.24) is 10.6 Å². The number of amides is 1. The number of carbonyl (C=O) groups is 1. The van der Waals surface area contributed by atoms with Crippen LogP contribution in [0.2, 0.25) is 0 Å². The van der Waals surface area contributed by atoms with E-state index in [1.807, 2.05) is 24.3 Å². The van der Waals surface area contributed by atoms with Gasteiger partial charge in [-0.05, 0) is 24.6 Å². The molecule has 0 aliphatic carbocycles. The predicted octanol–water partition coefficient (Wildman–Crippen LogP) is 0.939. The Morgan fingerprint density at radius 3 is 3.00 bits per heavy atom. The summed E-state index contributed by atoms with van der Waals surface area (Å²) in [6.45, 7) is 4.07. The Kier molecular flexibility index (Phi) is 7.95. The minimum Gasteiger partial charge on any atom is -0.481 e. The first kappa shape index (κ1) is 17.0. The molecule has 114 valence electrons. The SMILES string of the molecule is C#CCNC(=O)C(C)Oc1cccc(CNCCOC)c1. The third kappa shape index (κ3) is 6.80. The number of terminal acetylenes is 1. The van der Waals surface area contributed by atoms with E-state index in [-0.39, 0.29) is 12.5 Å². The number of carbonyl (C=O) groups excluding carboxylic acids is 1. The van der Waals surface area contributed by atoms with Crippen molar-refractivity contribution in [2.24, 2.45) is 0 Å². The average Bonchev–Trinajstić information content (AvgIpc) is 2.49. The molecule has 5 heteroatoms. The molecule has 0 saturated heterocycles. The maximum absolute atomic E-state index is 11.7. The monoisotopic (exact) mass is 290 g/mol. The molecule has 1 amide bonds. The average molecular weight is 290 g/mol. The van der Waals surface area contributed by atoms with Gasteiger partial charge in [0.2, 0.25) is 0 Å². The van der Waals surface area contributed by atoms with Gasteiger partial charge in [0.1, 0.15) is 5.75 Å². The van der Waals surface area contributed by atoms with Crippen LogP contribution in [0.5, 0.6) is 5.75 Å². The van der Waals surface area contributed by atoms with E-state index in [2.05, 4.69) is 16.6 Å². The normalized spacial score (nSPS) is 11.5. The van der Waals surface area contributed by atoms with Crippen molar-refractivity contribution in [3.63, 3.8) is 0 Å². The summed E-state index contributed by atoms with van der Waals surface area (Å²) in [5.74, 6) is 2.79. The van der Waals surface area contributed by atoms with Crippen LogP contribution >= 0.6 is 0 Å². The first-order chi connectivity index (χ1) is 10.2. The molecule has 0 radical (unpaired) electrons. The van der Waals surface area contributed by atoms with Crippen molar-refractivity contribution in [3.05, 3.63) is 29.8 Å². The van der Waals surface area contributed by atoms with Gasteiger partial charge in [0.15, 0.2) is 6.10 Å². The summed E-state index contributed by atoms with van der Waals surface area (Å²) in [6.07, 6.45) is 4.51. The van der Waals surface area contributed by atoms with E-state index < -0.39 is 6.10 Å². The number of rotatable bonds is 9. The molecule has 0 aliphatic rings. The number of methoxy groups -OCH3 is 1. The molecular formula is C16H22N2O3. The maximum atomic E-state index is 11.7. The summed E-state index contributed by atoms with van der Waals surface area (Å²) in [7, 11) is 1.67. The molecule has 0 spiro atoms. The fourth-order valence-electron chi connectivity index (χ4n) is 1.68. The lowest BCUT2D eigenvalue weighted by Gasteiger charge is -2.14. The number of hydrogen-bond acceptors (Lipinski definition) is 4. The Bertz CT molecular complexity index is 483. The van der Waals surface area contributed by atoms with Crippen molar-refractivity contribution in [3.8, 4) is 18.1 Å². The summed E-state index contributed by atoms with van der Waals surface area (Å²) >= 11 is 0. The van der Waals surface area contributed by atoms with Crippen LogP contribution in [0, 0.1) is 12.3 Å². The molecule has 1 aromatic rings. The fourth-order valence-corrected chi connectivity index (χ4v) is 1.68. The van der Waals surface area contributed by atoms with E-state index in [1.165, 1.54) is 0 Å². The van der Waals surface area contributed by atoms with E-state index in [1.54, 1.807) is 14.0 Å². The number of hydrogen-bond donors (Lipinski definition) is 2. The van der Waals surface area contributed by atoms with Crippen molar-refractivity contribution in [2.45, 2.75) is 19.6 Å². The first-order valence-electron chi connectivity index (χ1n) is 6.83. The molecule has 0 fully saturated rings. The Morgan fingerprint density at radius 2 is 2.29 bits per heavy atom. The number of ether oxygens (including phenoxy) is 2. The summed E-state index contributed by atoms with van der Waals surface area (Å²) in [5, 5.41) is 5.84. The summed E-state index contributed by atoms with van der Waals surface area (Å²) in [4.78, 5) is 11.7. The first-order valence-corrected chi connectivity index (χ1v) is 6.83. The molecule has 0 aliphatic heterocycles. The summed E-state index contributed by atoms with van der Waals surface area (Å²) in [5.41, 5.74) is 1.08. The Morgan fingerprint density at radius 1 is 1.48 bits per heavy atom. The van der Waals surface area contributed by atoms with E-state index in [0.717, 1.165) is 18.7 Å². The highest BCUT2D eigenvalue weighted by molar-refractivity contribution is 5.80. The van der Waals surface area contributed by atoms with Crippen molar-refractivity contribution in [1.29, 1.82) is 0 Å². The fraction of sp³-hybridized carbons (Fsp3) is 0.438. The summed E-state index contributed by atoms with van der Waals surface area (Å²) < 4.78 is 10.6. The van der Waals surface area contributed by atoms with Gasteiger partial charge in [-0.2, -0.15) is 0 Å². The Labute approximate surface area is 126 Å². The van der Waals surface area contributed by atoms with Gasteiger partial charge in [0.25, 0.3) is 5.91 Å². The molecule has 5 nitrogen and oxygen atoms in total. The van der Waals surface area contributed by atoms with Gasteiger partial charge in [-0.25, -0.2) is 0 Å². The highest BCUT2D eigenvalue weighted by Gasteiger charge is 2.13. The quantitative estimate of drug-likeness (QED) is 0.525. The van der Waals surface area contributed by atoms with Crippen LogP contribution in [0.3, 0.4) is 0 Å². The Hall–Kier alpha value is -2.03. The lowest BCUT2D eigenvalue weighted by molar-refractivity contribution is -0.126. The van der Waals surface area contributed by atoms with Crippen molar-refractivity contribution in [2.75, 3.05) is 26.8 Å². The molecule has 0 aromatic heterocycles. The minimum absolute atomic E-state index is 0.204. The molecule has 1 aromatic carbocycles. The molecule has 1 unspecified atom stereocenters. The topological polar surface area (TPSA) is 59.6 Å². The molecule has 0 bridgehead atoms. The van der Waals surface area contributed by atoms with Crippen molar-refractivity contribution >= 4 is 5.91 Å². The zero-order valence-corrected chi connectivity index (χ0v) is 12.5. The van der Waals surface area contributed by atoms with Gasteiger partial charge in [-0.1, -0.05) is 18.1 Å². The third-order valence-corrected chi connectivity index (χ3v) is 2.76. The lowest BCUT2D eigenvalue weighted by atomic mass is 10.2. The molecule has 1 rings (SSSR count). The third-order valence-electron chi connectivity index (χ3n) is 2.76. The van der Waals surface area contributed by atoms with Gasteiger partial charge in [0.05, 0.1) is 13.2 Å². The van der Waals surface area contributed by atoms with E-state index >= 15 is 0 Å². The van der Waals surface area contributed by atoms with Crippen LogP contribution in [-0.4, -0.2) is 38.8 Å². The standard InChI is InChI=1S/C16H22N2O3/c1-4-8-18-16(19)13(2)21-15-7-5-6-14(11-15)12-17-9-10-20-3/h1,5-7,11,13,17H,8-10,12H2,2-3H3,(H,18,19).